The Balaban J connectivity index is 1.68. The van der Waals surface area contributed by atoms with Gasteiger partial charge in [0.2, 0.25) is 5.91 Å². The second-order valence-corrected chi connectivity index (χ2v) is 9.00. The topological polar surface area (TPSA) is 106 Å². The number of ether oxygens (including phenoxy) is 3. The highest BCUT2D eigenvalue weighted by Crippen LogP contribution is 2.25. The van der Waals surface area contributed by atoms with Crippen molar-refractivity contribution in [2.75, 3.05) is 56.9 Å². The number of anilines is 2. The van der Waals surface area contributed by atoms with Gasteiger partial charge in [-0.2, -0.15) is 0 Å². The molecule has 178 valence electrons. The number of halogens is 1. The Morgan fingerprint density at radius 2 is 2.09 bits per heavy atom. The lowest BCUT2D eigenvalue weighted by atomic mass is 10.1. The average molecular weight is 496 g/mol. The van der Waals surface area contributed by atoms with Crippen LogP contribution in [0.25, 0.3) is 0 Å². The molecule has 33 heavy (non-hydrogen) atoms. The van der Waals surface area contributed by atoms with E-state index in [1.54, 1.807) is 42.3 Å². The number of thiophene rings is 1. The van der Waals surface area contributed by atoms with Crippen molar-refractivity contribution < 1.29 is 28.6 Å². The van der Waals surface area contributed by atoms with E-state index in [9.17, 15) is 14.4 Å². The molecule has 0 radical (unpaired) electrons. The lowest BCUT2D eigenvalue weighted by Gasteiger charge is -2.28. The van der Waals surface area contributed by atoms with Crippen LogP contribution in [0, 0.1) is 6.92 Å². The molecule has 1 aromatic heterocycles. The Labute approximate surface area is 200 Å². The molecule has 9 nitrogen and oxygen atoms in total. The Hall–Kier alpha value is -2.50. The number of carbonyl (C=O) groups is 3. The summed E-state index contributed by atoms with van der Waals surface area (Å²) in [5.74, 6) is -0.955. The molecule has 0 spiro atoms. The van der Waals surface area contributed by atoms with Gasteiger partial charge in [-0.25, -0.2) is 0 Å². The van der Waals surface area contributed by atoms with Gasteiger partial charge in [-0.05, 0) is 42.8 Å². The van der Waals surface area contributed by atoms with Gasteiger partial charge < -0.3 is 29.7 Å². The predicted molar refractivity (Wildman–Crippen MR) is 126 cm³/mol. The van der Waals surface area contributed by atoms with E-state index in [0.717, 1.165) is 22.6 Å². The lowest BCUT2D eigenvalue weighted by Crippen LogP contribution is -2.46. The SMILES string of the molecule is COCCOCC(NC(=O)c1ccc(Cl)s1)C(=O)Nc1ccc(N2CCOCC2=O)c(C)c1. The van der Waals surface area contributed by atoms with Gasteiger partial charge in [0.15, 0.2) is 0 Å². The first kappa shape index (κ1) is 25.1. The number of amides is 3. The monoisotopic (exact) mass is 495 g/mol. The molecule has 0 bridgehead atoms. The molecule has 3 amide bonds. The summed E-state index contributed by atoms with van der Waals surface area (Å²) in [4.78, 5) is 39.7. The van der Waals surface area contributed by atoms with Crippen molar-refractivity contribution in [2.45, 2.75) is 13.0 Å². The fourth-order valence-electron chi connectivity index (χ4n) is 3.23. The molecule has 3 rings (SSSR count). The van der Waals surface area contributed by atoms with Crippen molar-refractivity contribution >= 4 is 52.0 Å². The zero-order valence-electron chi connectivity index (χ0n) is 18.4. The summed E-state index contributed by atoms with van der Waals surface area (Å²) in [6.07, 6.45) is 0. The highest BCUT2D eigenvalue weighted by Gasteiger charge is 2.24. The molecular weight excluding hydrogens is 470 g/mol. The third-order valence-corrected chi connectivity index (χ3v) is 6.11. The minimum Gasteiger partial charge on any atom is -0.382 e. The summed E-state index contributed by atoms with van der Waals surface area (Å²) in [6.45, 7) is 3.49. The summed E-state index contributed by atoms with van der Waals surface area (Å²) in [7, 11) is 1.55. The lowest BCUT2D eigenvalue weighted by molar-refractivity contribution is -0.125. The number of carbonyl (C=O) groups excluding carboxylic acids is 3. The van der Waals surface area contributed by atoms with E-state index in [1.807, 2.05) is 6.92 Å². The Bertz CT molecular complexity index is 998. The van der Waals surface area contributed by atoms with Crippen molar-refractivity contribution in [3.05, 3.63) is 45.1 Å². The van der Waals surface area contributed by atoms with Gasteiger partial charge in [0.1, 0.15) is 12.6 Å². The minimum atomic E-state index is -0.934. The van der Waals surface area contributed by atoms with Crippen molar-refractivity contribution in [3.8, 4) is 0 Å². The van der Waals surface area contributed by atoms with Crippen LogP contribution >= 0.6 is 22.9 Å². The summed E-state index contributed by atoms with van der Waals surface area (Å²) < 4.78 is 16.1. The van der Waals surface area contributed by atoms with Crippen LogP contribution in [0.4, 0.5) is 11.4 Å². The smallest absolute Gasteiger partial charge is 0.262 e. The molecule has 1 aromatic carbocycles. The van der Waals surface area contributed by atoms with E-state index in [0.29, 0.717) is 34.7 Å². The standard InChI is InChI=1S/C22H26ClN3O6S/c1-14-11-15(3-4-17(14)26-7-8-31-13-20(26)27)24-21(28)16(12-32-10-9-30-2)25-22(29)18-5-6-19(23)33-18/h3-6,11,16H,7-10,12-13H2,1-2H3,(H,24,28)(H,25,29). The molecule has 1 saturated heterocycles. The molecule has 1 fully saturated rings. The summed E-state index contributed by atoms with van der Waals surface area (Å²) >= 11 is 7.03. The molecule has 0 saturated carbocycles. The number of aryl methyl sites for hydroxylation is 1. The number of rotatable bonds is 10. The van der Waals surface area contributed by atoms with Gasteiger partial charge in [0.05, 0.1) is 35.6 Å². The van der Waals surface area contributed by atoms with E-state index in [-0.39, 0.29) is 25.7 Å². The van der Waals surface area contributed by atoms with E-state index in [4.69, 9.17) is 25.8 Å². The molecule has 2 aromatic rings. The molecular formula is C22H26ClN3O6S. The Morgan fingerprint density at radius 1 is 1.27 bits per heavy atom. The molecule has 1 atom stereocenters. The number of nitrogens with zero attached hydrogens (tertiary/aromatic N) is 1. The maximum atomic E-state index is 13.0. The van der Waals surface area contributed by atoms with Crippen LogP contribution in [0.3, 0.4) is 0 Å². The number of hydrogen-bond acceptors (Lipinski definition) is 7. The van der Waals surface area contributed by atoms with Crippen molar-refractivity contribution in [3.63, 3.8) is 0 Å². The van der Waals surface area contributed by atoms with Crippen LogP contribution in [0.15, 0.2) is 30.3 Å². The third kappa shape index (κ3) is 6.99. The van der Waals surface area contributed by atoms with Crippen LogP contribution in [0.2, 0.25) is 4.34 Å². The largest absolute Gasteiger partial charge is 0.382 e. The fourth-order valence-corrected chi connectivity index (χ4v) is 4.18. The van der Waals surface area contributed by atoms with Crippen LogP contribution in [0.5, 0.6) is 0 Å². The van der Waals surface area contributed by atoms with Crippen molar-refractivity contribution in [1.29, 1.82) is 0 Å². The van der Waals surface area contributed by atoms with Gasteiger partial charge in [-0.1, -0.05) is 11.6 Å². The van der Waals surface area contributed by atoms with E-state index in [2.05, 4.69) is 10.6 Å². The number of morpholine rings is 1. The predicted octanol–water partition coefficient (Wildman–Crippen LogP) is 2.47. The summed E-state index contributed by atoms with van der Waals surface area (Å²) in [6, 6.07) is 7.56. The van der Waals surface area contributed by atoms with Crippen LogP contribution < -0.4 is 15.5 Å². The summed E-state index contributed by atoms with van der Waals surface area (Å²) in [5.41, 5.74) is 2.13. The Morgan fingerprint density at radius 3 is 2.76 bits per heavy atom. The highest BCUT2D eigenvalue weighted by atomic mass is 35.5. The van der Waals surface area contributed by atoms with Crippen molar-refractivity contribution in [2.24, 2.45) is 0 Å². The minimum absolute atomic E-state index is 0.0284. The highest BCUT2D eigenvalue weighted by molar-refractivity contribution is 7.18. The molecule has 0 aliphatic carbocycles. The van der Waals surface area contributed by atoms with E-state index >= 15 is 0 Å². The third-order valence-electron chi connectivity index (χ3n) is 4.88. The van der Waals surface area contributed by atoms with E-state index < -0.39 is 17.9 Å². The normalized spacial score (nSPS) is 14.8. The van der Waals surface area contributed by atoms with Gasteiger partial charge in [-0.3, -0.25) is 14.4 Å². The Kier molecular flexibility index (Phi) is 9.21. The second-order valence-electron chi connectivity index (χ2n) is 7.29. The van der Waals surface area contributed by atoms with Crippen LogP contribution in [0.1, 0.15) is 15.2 Å². The maximum absolute atomic E-state index is 13.0. The molecule has 1 unspecified atom stereocenters. The molecule has 1 aliphatic heterocycles. The van der Waals surface area contributed by atoms with Gasteiger partial charge in [0, 0.05) is 25.0 Å². The van der Waals surface area contributed by atoms with Gasteiger partial charge >= 0.3 is 0 Å². The maximum Gasteiger partial charge on any atom is 0.262 e. The van der Waals surface area contributed by atoms with E-state index in [1.165, 1.54) is 0 Å². The number of benzene rings is 1. The van der Waals surface area contributed by atoms with Crippen LogP contribution in [-0.2, 0) is 23.8 Å². The molecule has 1 aliphatic rings. The average Bonchev–Trinajstić information content (AvgIpc) is 3.23. The first-order valence-corrected chi connectivity index (χ1v) is 11.5. The number of hydrogen-bond donors (Lipinski definition) is 2. The first-order valence-electron chi connectivity index (χ1n) is 10.3. The molecule has 2 N–H and O–H groups in total. The second kappa shape index (κ2) is 12.1. The number of nitrogens with one attached hydrogen (secondary N) is 2. The summed E-state index contributed by atoms with van der Waals surface area (Å²) in [5, 5.41) is 5.51. The van der Waals surface area contributed by atoms with Gasteiger partial charge in [-0.15, -0.1) is 11.3 Å². The zero-order valence-corrected chi connectivity index (χ0v) is 20.0. The quantitative estimate of drug-likeness (QED) is 0.490. The van der Waals surface area contributed by atoms with Crippen molar-refractivity contribution in [1.82, 2.24) is 5.32 Å². The molecule has 11 heteroatoms. The number of methoxy groups -OCH3 is 1. The fraction of sp³-hybridized carbons (Fsp3) is 0.409. The van der Waals surface area contributed by atoms with Crippen LogP contribution in [-0.4, -0.2) is 70.5 Å². The first-order chi connectivity index (χ1) is 15.9. The zero-order chi connectivity index (χ0) is 23.8. The molecule has 2 heterocycles. The van der Waals surface area contributed by atoms with Gasteiger partial charge in [0.25, 0.3) is 11.8 Å².